The molecule has 1 aromatic rings. The predicted molar refractivity (Wildman–Crippen MR) is 72.5 cm³/mol. The summed E-state index contributed by atoms with van der Waals surface area (Å²) in [4.78, 5) is 11.6. The Morgan fingerprint density at radius 1 is 1.44 bits per heavy atom. The van der Waals surface area contributed by atoms with Crippen LogP contribution >= 0.6 is 15.9 Å². The molecule has 0 saturated heterocycles. The summed E-state index contributed by atoms with van der Waals surface area (Å²) in [6.07, 6.45) is 5.08. The van der Waals surface area contributed by atoms with Gasteiger partial charge in [0.05, 0.1) is 6.04 Å². The van der Waals surface area contributed by atoms with Crippen LogP contribution in [0.25, 0.3) is 0 Å². The number of nitrogens with zero attached hydrogens (tertiary/aromatic N) is 3. The molecule has 0 bridgehead atoms. The lowest BCUT2D eigenvalue weighted by Crippen LogP contribution is -2.29. The van der Waals surface area contributed by atoms with Crippen molar-refractivity contribution >= 4 is 21.8 Å². The number of nitrogens with one attached hydrogen (secondary N) is 1. The van der Waals surface area contributed by atoms with E-state index in [1.165, 1.54) is 19.3 Å². The monoisotopic (exact) mass is 314 g/mol. The van der Waals surface area contributed by atoms with Crippen molar-refractivity contribution in [3.8, 4) is 0 Å². The minimum absolute atomic E-state index is 0.0466. The average Bonchev–Trinajstić information content (AvgIpc) is 2.59. The summed E-state index contributed by atoms with van der Waals surface area (Å²) in [5.41, 5.74) is 0. The van der Waals surface area contributed by atoms with Gasteiger partial charge in [-0.2, -0.15) is 0 Å². The highest BCUT2D eigenvalue weighted by molar-refractivity contribution is 9.09. The molecule has 1 amide bonds. The Morgan fingerprint density at radius 3 is 3.06 bits per heavy atom. The van der Waals surface area contributed by atoms with Gasteiger partial charge in [0.25, 0.3) is 0 Å². The fourth-order valence-corrected chi connectivity index (χ4v) is 2.65. The Hall–Kier alpha value is -0.910. The average molecular weight is 315 g/mol. The number of carbonyl (C=O) groups excluding carboxylic acids is 1. The van der Waals surface area contributed by atoms with Gasteiger partial charge in [-0.3, -0.25) is 4.79 Å². The second-order valence-corrected chi connectivity index (χ2v) is 5.46. The topological polar surface area (TPSA) is 59.8 Å². The standard InChI is InChI=1S/C12H19BrN4O/c1-9(14-11(18)6-7-13)12-16-15-10-5-3-2-4-8-17(10)12/h9H,2-8H2,1H3,(H,14,18). The van der Waals surface area contributed by atoms with Crippen LogP contribution in [0, 0.1) is 0 Å². The number of hydrogen-bond donors (Lipinski definition) is 1. The van der Waals surface area contributed by atoms with E-state index >= 15 is 0 Å². The maximum Gasteiger partial charge on any atom is 0.221 e. The molecular formula is C12H19BrN4O. The molecule has 0 spiro atoms. The number of halogens is 1. The predicted octanol–water partition coefficient (Wildman–Crippen LogP) is 1.97. The lowest BCUT2D eigenvalue weighted by Gasteiger charge is -2.14. The maximum absolute atomic E-state index is 11.6. The molecule has 1 unspecified atom stereocenters. The van der Waals surface area contributed by atoms with E-state index < -0.39 is 0 Å². The van der Waals surface area contributed by atoms with Crippen molar-refractivity contribution in [3.63, 3.8) is 0 Å². The van der Waals surface area contributed by atoms with Gasteiger partial charge in [-0.05, 0) is 19.8 Å². The van der Waals surface area contributed by atoms with Crippen molar-refractivity contribution in [1.29, 1.82) is 0 Å². The van der Waals surface area contributed by atoms with Crippen LogP contribution in [0.15, 0.2) is 0 Å². The third-order valence-corrected chi connectivity index (χ3v) is 3.62. The van der Waals surface area contributed by atoms with Gasteiger partial charge in [-0.15, -0.1) is 10.2 Å². The molecule has 5 nitrogen and oxygen atoms in total. The summed E-state index contributed by atoms with van der Waals surface area (Å²) < 4.78 is 2.17. The first kappa shape index (κ1) is 13.5. The highest BCUT2D eigenvalue weighted by atomic mass is 79.9. The third kappa shape index (κ3) is 3.10. The number of alkyl halides is 1. The molecule has 100 valence electrons. The van der Waals surface area contributed by atoms with Crippen LogP contribution in [0.3, 0.4) is 0 Å². The number of fused-ring (bicyclic) bond motifs is 1. The number of hydrogen-bond acceptors (Lipinski definition) is 3. The molecule has 0 fully saturated rings. The fraction of sp³-hybridized carbons (Fsp3) is 0.750. The molecule has 1 aliphatic heterocycles. The molecule has 0 aromatic carbocycles. The van der Waals surface area contributed by atoms with Gasteiger partial charge >= 0.3 is 0 Å². The number of aryl methyl sites for hydroxylation is 1. The van der Waals surface area contributed by atoms with Crippen molar-refractivity contribution in [2.24, 2.45) is 0 Å². The molecule has 0 saturated carbocycles. The zero-order chi connectivity index (χ0) is 13.0. The molecule has 0 radical (unpaired) electrons. The van der Waals surface area contributed by atoms with Gasteiger partial charge in [0.15, 0.2) is 5.82 Å². The number of aromatic nitrogens is 3. The second kappa shape index (κ2) is 6.31. The van der Waals surface area contributed by atoms with Crippen LogP contribution in [0.1, 0.15) is 50.3 Å². The summed E-state index contributed by atoms with van der Waals surface area (Å²) >= 11 is 3.27. The van der Waals surface area contributed by atoms with E-state index in [-0.39, 0.29) is 11.9 Å². The number of amides is 1. The molecule has 1 N–H and O–H groups in total. The normalized spacial score (nSPS) is 16.8. The van der Waals surface area contributed by atoms with Crippen molar-refractivity contribution < 1.29 is 4.79 Å². The molecule has 2 heterocycles. The molecule has 1 aromatic heterocycles. The zero-order valence-corrected chi connectivity index (χ0v) is 12.2. The lowest BCUT2D eigenvalue weighted by molar-refractivity contribution is -0.121. The summed E-state index contributed by atoms with van der Waals surface area (Å²) in [5.74, 6) is 1.99. The van der Waals surface area contributed by atoms with Crippen molar-refractivity contribution in [3.05, 3.63) is 11.6 Å². The molecule has 1 aliphatic rings. The van der Waals surface area contributed by atoms with E-state index in [2.05, 4.69) is 36.0 Å². The van der Waals surface area contributed by atoms with Gasteiger partial charge in [-0.25, -0.2) is 0 Å². The molecular weight excluding hydrogens is 296 g/mol. The summed E-state index contributed by atoms with van der Waals surface area (Å²) in [7, 11) is 0. The van der Waals surface area contributed by atoms with Gasteiger partial charge < -0.3 is 9.88 Å². The smallest absolute Gasteiger partial charge is 0.221 e. The van der Waals surface area contributed by atoms with Gasteiger partial charge in [-0.1, -0.05) is 22.4 Å². The first-order chi connectivity index (χ1) is 8.72. The molecule has 1 atom stereocenters. The maximum atomic E-state index is 11.6. The van der Waals surface area contributed by atoms with E-state index in [1.54, 1.807) is 0 Å². The van der Waals surface area contributed by atoms with Gasteiger partial charge in [0.1, 0.15) is 5.82 Å². The minimum atomic E-state index is -0.0732. The number of rotatable bonds is 4. The van der Waals surface area contributed by atoms with Crippen LogP contribution in [0.4, 0.5) is 0 Å². The summed E-state index contributed by atoms with van der Waals surface area (Å²) in [6.45, 7) is 2.94. The molecule has 18 heavy (non-hydrogen) atoms. The van der Waals surface area contributed by atoms with E-state index in [0.29, 0.717) is 11.8 Å². The third-order valence-electron chi connectivity index (χ3n) is 3.22. The van der Waals surface area contributed by atoms with Crippen LogP contribution < -0.4 is 5.32 Å². The van der Waals surface area contributed by atoms with Gasteiger partial charge in [0.2, 0.25) is 5.91 Å². The first-order valence-corrected chi connectivity index (χ1v) is 7.62. The Bertz CT molecular complexity index is 418. The van der Waals surface area contributed by atoms with E-state index in [4.69, 9.17) is 0 Å². The largest absolute Gasteiger partial charge is 0.346 e. The summed E-state index contributed by atoms with van der Waals surface area (Å²) in [5, 5.41) is 12.1. The van der Waals surface area contributed by atoms with E-state index in [9.17, 15) is 4.79 Å². The highest BCUT2D eigenvalue weighted by Crippen LogP contribution is 2.18. The molecule has 6 heteroatoms. The Balaban J connectivity index is 2.08. The van der Waals surface area contributed by atoms with E-state index in [0.717, 1.165) is 24.6 Å². The quantitative estimate of drug-likeness (QED) is 0.864. The van der Waals surface area contributed by atoms with E-state index in [1.807, 2.05) is 6.92 Å². The summed E-state index contributed by atoms with van der Waals surface area (Å²) in [6, 6.07) is -0.0732. The fourth-order valence-electron chi connectivity index (χ4n) is 2.29. The van der Waals surface area contributed by atoms with Gasteiger partial charge in [0, 0.05) is 24.7 Å². The van der Waals surface area contributed by atoms with Crippen molar-refractivity contribution in [2.45, 2.75) is 51.6 Å². The molecule has 2 rings (SSSR count). The van der Waals surface area contributed by atoms with Crippen molar-refractivity contribution in [1.82, 2.24) is 20.1 Å². The molecule has 0 aliphatic carbocycles. The Labute approximate surface area is 115 Å². The Kier molecular flexibility index (Phi) is 4.74. The number of carbonyl (C=O) groups is 1. The SMILES string of the molecule is CC(NC(=O)CCBr)c1nnc2n1CCCCC2. The highest BCUT2D eigenvalue weighted by Gasteiger charge is 2.20. The first-order valence-electron chi connectivity index (χ1n) is 6.49. The minimum Gasteiger partial charge on any atom is -0.346 e. The Morgan fingerprint density at radius 2 is 2.28 bits per heavy atom. The zero-order valence-electron chi connectivity index (χ0n) is 10.7. The van der Waals surface area contributed by atoms with Crippen LogP contribution in [0.5, 0.6) is 0 Å². The van der Waals surface area contributed by atoms with Crippen LogP contribution in [-0.4, -0.2) is 26.0 Å². The van der Waals surface area contributed by atoms with Crippen molar-refractivity contribution in [2.75, 3.05) is 5.33 Å². The lowest BCUT2D eigenvalue weighted by atomic mass is 10.2. The van der Waals surface area contributed by atoms with Crippen LogP contribution in [0.2, 0.25) is 0 Å². The second-order valence-electron chi connectivity index (χ2n) is 4.66. The van der Waals surface area contributed by atoms with Crippen LogP contribution in [-0.2, 0) is 17.8 Å².